The summed E-state index contributed by atoms with van der Waals surface area (Å²) in [6, 6.07) is 2.13. The fourth-order valence-electron chi connectivity index (χ4n) is 2.26. The van der Waals surface area contributed by atoms with E-state index in [2.05, 4.69) is 35.1 Å². The molecular weight excluding hydrogens is 198 g/mol. The molecule has 16 heavy (non-hydrogen) atoms. The van der Waals surface area contributed by atoms with Crippen LogP contribution in [-0.4, -0.2) is 24.6 Å². The first-order valence-electron chi connectivity index (χ1n) is 6.19. The van der Waals surface area contributed by atoms with E-state index in [1.807, 2.05) is 12.4 Å². The van der Waals surface area contributed by atoms with Crippen LogP contribution in [0.5, 0.6) is 0 Å². The van der Waals surface area contributed by atoms with Crippen LogP contribution in [0.1, 0.15) is 25.8 Å². The number of hydrogen-bond acceptors (Lipinski definition) is 3. The van der Waals surface area contributed by atoms with Crippen LogP contribution in [0.3, 0.4) is 0 Å². The predicted molar refractivity (Wildman–Crippen MR) is 67.6 cm³/mol. The number of aromatic nitrogens is 1. The van der Waals surface area contributed by atoms with Crippen molar-refractivity contribution >= 4 is 5.69 Å². The molecule has 1 aromatic heterocycles. The van der Waals surface area contributed by atoms with Crippen molar-refractivity contribution in [3.8, 4) is 0 Å². The summed E-state index contributed by atoms with van der Waals surface area (Å²) in [5.41, 5.74) is 2.68. The Morgan fingerprint density at radius 1 is 1.56 bits per heavy atom. The standard InChI is InChI=1S/C13H21N3/c1-3-14-8-12-4-6-15-9-13(12)16-7-5-11(2)10-16/h4,6,9,11,14H,3,5,7-8,10H2,1-2H3. The highest BCUT2D eigenvalue weighted by Gasteiger charge is 2.20. The maximum absolute atomic E-state index is 4.25. The summed E-state index contributed by atoms with van der Waals surface area (Å²) in [5.74, 6) is 0.812. The van der Waals surface area contributed by atoms with Crippen LogP contribution in [0.25, 0.3) is 0 Å². The van der Waals surface area contributed by atoms with Crippen LogP contribution >= 0.6 is 0 Å². The summed E-state index contributed by atoms with van der Waals surface area (Å²) in [7, 11) is 0. The zero-order valence-electron chi connectivity index (χ0n) is 10.2. The smallest absolute Gasteiger partial charge is 0.0598 e. The Bertz CT molecular complexity index is 338. The molecule has 1 saturated heterocycles. The quantitative estimate of drug-likeness (QED) is 0.840. The number of pyridine rings is 1. The van der Waals surface area contributed by atoms with E-state index in [1.165, 1.54) is 30.8 Å². The molecule has 2 rings (SSSR count). The molecule has 0 spiro atoms. The van der Waals surface area contributed by atoms with Crippen molar-refractivity contribution in [2.24, 2.45) is 5.92 Å². The van der Waals surface area contributed by atoms with Crippen molar-refractivity contribution in [1.29, 1.82) is 0 Å². The minimum Gasteiger partial charge on any atom is -0.370 e. The molecule has 0 bridgehead atoms. The minimum absolute atomic E-state index is 0.812. The monoisotopic (exact) mass is 219 g/mol. The third-order valence-electron chi connectivity index (χ3n) is 3.22. The van der Waals surface area contributed by atoms with E-state index in [4.69, 9.17) is 0 Å². The highest BCUT2D eigenvalue weighted by molar-refractivity contribution is 5.52. The summed E-state index contributed by atoms with van der Waals surface area (Å²) in [5, 5.41) is 3.39. The average molecular weight is 219 g/mol. The molecule has 0 aliphatic carbocycles. The van der Waals surface area contributed by atoms with Gasteiger partial charge in [-0.2, -0.15) is 0 Å². The van der Waals surface area contributed by atoms with Crippen molar-refractivity contribution in [3.05, 3.63) is 24.0 Å². The Kier molecular flexibility index (Phi) is 3.78. The van der Waals surface area contributed by atoms with Crippen LogP contribution < -0.4 is 10.2 Å². The van der Waals surface area contributed by atoms with E-state index in [0.29, 0.717) is 0 Å². The zero-order chi connectivity index (χ0) is 11.4. The average Bonchev–Trinajstić information content (AvgIpc) is 2.73. The number of anilines is 1. The molecule has 88 valence electrons. The van der Waals surface area contributed by atoms with Gasteiger partial charge in [0.25, 0.3) is 0 Å². The Balaban J connectivity index is 2.12. The third kappa shape index (κ3) is 2.53. The second-order valence-electron chi connectivity index (χ2n) is 4.62. The van der Waals surface area contributed by atoms with Crippen molar-refractivity contribution < 1.29 is 0 Å². The molecule has 1 aliphatic rings. The molecule has 0 radical (unpaired) electrons. The molecule has 3 heteroatoms. The maximum Gasteiger partial charge on any atom is 0.0598 e. The molecule has 1 aliphatic heterocycles. The van der Waals surface area contributed by atoms with Gasteiger partial charge >= 0.3 is 0 Å². The van der Waals surface area contributed by atoms with Crippen LogP contribution in [0, 0.1) is 5.92 Å². The van der Waals surface area contributed by atoms with Crippen LogP contribution in [0.15, 0.2) is 18.5 Å². The lowest BCUT2D eigenvalue weighted by Crippen LogP contribution is -2.22. The van der Waals surface area contributed by atoms with E-state index in [0.717, 1.165) is 19.0 Å². The molecule has 1 fully saturated rings. The van der Waals surface area contributed by atoms with Gasteiger partial charge in [-0.3, -0.25) is 4.98 Å². The summed E-state index contributed by atoms with van der Waals surface area (Å²) in [6.45, 7) is 8.76. The molecule has 0 saturated carbocycles. The lowest BCUT2D eigenvalue weighted by atomic mass is 10.2. The van der Waals surface area contributed by atoms with Gasteiger partial charge < -0.3 is 10.2 Å². The summed E-state index contributed by atoms with van der Waals surface area (Å²) in [6.07, 6.45) is 5.19. The fourth-order valence-corrected chi connectivity index (χ4v) is 2.26. The summed E-state index contributed by atoms with van der Waals surface area (Å²) >= 11 is 0. The van der Waals surface area contributed by atoms with Gasteiger partial charge in [0.1, 0.15) is 0 Å². The van der Waals surface area contributed by atoms with Gasteiger partial charge in [0.15, 0.2) is 0 Å². The van der Waals surface area contributed by atoms with Gasteiger partial charge in [-0.25, -0.2) is 0 Å². The molecule has 1 atom stereocenters. The summed E-state index contributed by atoms with van der Waals surface area (Å²) in [4.78, 5) is 6.72. The van der Waals surface area contributed by atoms with Gasteiger partial charge in [-0.1, -0.05) is 13.8 Å². The second-order valence-corrected chi connectivity index (χ2v) is 4.62. The Labute approximate surface area is 97.9 Å². The predicted octanol–water partition coefficient (Wildman–Crippen LogP) is 2.04. The van der Waals surface area contributed by atoms with E-state index in [9.17, 15) is 0 Å². The largest absolute Gasteiger partial charge is 0.370 e. The van der Waals surface area contributed by atoms with Gasteiger partial charge in [0, 0.05) is 25.8 Å². The van der Waals surface area contributed by atoms with Crippen molar-refractivity contribution in [3.63, 3.8) is 0 Å². The van der Waals surface area contributed by atoms with E-state index < -0.39 is 0 Å². The van der Waals surface area contributed by atoms with Crippen molar-refractivity contribution in [2.45, 2.75) is 26.8 Å². The zero-order valence-corrected chi connectivity index (χ0v) is 10.2. The molecule has 1 unspecified atom stereocenters. The van der Waals surface area contributed by atoms with Crippen LogP contribution in [-0.2, 0) is 6.54 Å². The Morgan fingerprint density at radius 3 is 3.12 bits per heavy atom. The first kappa shape index (κ1) is 11.4. The van der Waals surface area contributed by atoms with Gasteiger partial charge in [0.05, 0.1) is 11.9 Å². The number of hydrogen-bond donors (Lipinski definition) is 1. The lowest BCUT2D eigenvalue weighted by Gasteiger charge is -2.21. The highest BCUT2D eigenvalue weighted by atomic mass is 15.2. The van der Waals surface area contributed by atoms with Crippen molar-refractivity contribution in [2.75, 3.05) is 24.5 Å². The van der Waals surface area contributed by atoms with Gasteiger partial charge in [-0.15, -0.1) is 0 Å². The highest BCUT2D eigenvalue weighted by Crippen LogP contribution is 2.25. The second kappa shape index (κ2) is 5.30. The third-order valence-corrected chi connectivity index (χ3v) is 3.22. The SMILES string of the molecule is CCNCc1ccncc1N1CCC(C)C1. The molecule has 1 N–H and O–H groups in total. The minimum atomic E-state index is 0.812. The van der Waals surface area contributed by atoms with E-state index in [-0.39, 0.29) is 0 Å². The fraction of sp³-hybridized carbons (Fsp3) is 0.615. The summed E-state index contributed by atoms with van der Waals surface area (Å²) < 4.78 is 0. The number of nitrogens with one attached hydrogen (secondary N) is 1. The Hall–Kier alpha value is -1.09. The molecule has 0 aromatic carbocycles. The molecule has 1 aromatic rings. The van der Waals surface area contributed by atoms with Crippen LogP contribution in [0.4, 0.5) is 5.69 Å². The first-order valence-corrected chi connectivity index (χ1v) is 6.19. The normalized spacial score (nSPS) is 20.4. The molecule has 0 amide bonds. The van der Waals surface area contributed by atoms with Gasteiger partial charge in [-0.05, 0) is 30.5 Å². The van der Waals surface area contributed by atoms with Gasteiger partial charge in [0.2, 0.25) is 0 Å². The molecule has 2 heterocycles. The molecule has 3 nitrogen and oxygen atoms in total. The lowest BCUT2D eigenvalue weighted by molar-refractivity contribution is 0.658. The first-order chi connectivity index (χ1) is 7.81. The number of nitrogens with zero attached hydrogens (tertiary/aromatic N) is 2. The maximum atomic E-state index is 4.25. The topological polar surface area (TPSA) is 28.2 Å². The van der Waals surface area contributed by atoms with Crippen LogP contribution in [0.2, 0.25) is 0 Å². The number of rotatable bonds is 4. The molecular formula is C13H21N3. The van der Waals surface area contributed by atoms with E-state index in [1.54, 1.807) is 0 Å². The van der Waals surface area contributed by atoms with Crippen molar-refractivity contribution in [1.82, 2.24) is 10.3 Å². The Morgan fingerprint density at radius 2 is 2.44 bits per heavy atom. The van der Waals surface area contributed by atoms with E-state index >= 15 is 0 Å².